The average Bonchev–Trinajstić information content (AvgIpc) is 3.42. The van der Waals surface area contributed by atoms with Crippen LogP contribution in [0.3, 0.4) is 0 Å². The van der Waals surface area contributed by atoms with Crippen LogP contribution in [0.5, 0.6) is 0 Å². The number of fused-ring (bicyclic) bond motifs is 1. The van der Waals surface area contributed by atoms with E-state index in [0.29, 0.717) is 37.3 Å². The molecule has 5 rings (SSSR count). The lowest BCUT2D eigenvalue weighted by molar-refractivity contribution is -0.132. The van der Waals surface area contributed by atoms with Gasteiger partial charge in [-0.05, 0) is 31.9 Å². The lowest BCUT2D eigenvalue weighted by atomic mass is 10.3. The molecule has 9 nitrogen and oxygen atoms in total. The molecule has 4 heterocycles. The first kappa shape index (κ1) is 19.6. The highest BCUT2D eigenvalue weighted by atomic mass is 16.4. The van der Waals surface area contributed by atoms with Crippen LogP contribution in [-0.2, 0) is 11.3 Å². The highest BCUT2D eigenvalue weighted by Crippen LogP contribution is 2.22. The molecule has 0 spiro atoms. The maximum absolute atomic E-state index is 12.9. The quantitative estimate of drug-likeness (QED) is 0.632. The Morgan fingerprint density at radius 1 is 1.00 bits per heavy atom. The first-order valence-electron chi connectivity index (χ1n) is 10.8. The number of hydrogen-bond acceptors (Lipinski definition) is 7. The monoisotopic (exact) mass is 422 g/mol. The molecule has 0 radical (unpaired) electrons. The van der Waals surface area contributed by atoms with Crippen LogP contribution in [0.1, 0.15) is 18.5 Å². The average molecular weight is 422 g/mol. The first-order valence-corrected chi connectivity index (χ1v) is 10.8. The molecule has 0 saturated carbocycles. The molecule has 2 aromatic heterocycles. The molecule has 1 aromatic carbocycles. The van der Waals surface area contributed by atoms with Gasteiger partial charge >= 0.3 is 5.76 Å². The van der Waals surface area contributed by atoms with E-state index in [4.69, 9.17) is 9.40 Å². The van der Waals surface area contributed by atoms with Crippen LogP contribution in [0, 0.1) is 6.92 Å². The summed E-state index contributed by atoms with van der Waals surface area (Å²) in [6.45, 7) is 6.57. The van der Waals surface area contributed by atoms with E-state index in [1.807, 2.05) is 19.1 Å². The smallest absolute Gasteiger partial charge is 0.408 e. The number of aryl methyl sites for hydroxylation is 1. The predicted octanol–water partition coefficient (Wildman–Crippen LogP) is 1.64. The number of carbonyl (C=O) groups is 1. The molecule has 2 aliphatic heterocycles. The minimum Gasteiger partial charge on any atom is -0.408 e. The summed E-state index contributed by atoms with van der Waals surface area (Å²) in [5, 5.41) is 0. The molecule has 3 aromatic rings. The van der Waals surface area contributed by atoms with E-state index in [1.54, 1.807) is 23.1 Å². The molecular formula is C22H26N6O3. The van der Waals surface area contributed by atoms with Gasteiger partial charge in [-0.3, -0.25) is 9.36 Å². The summed E-state index contributed by atoms with van der Waals surface area (Å²) in [5.74, 6) is 1.14. The van der Waals surface area contributed by atoms with Gasteiger partial charge in [-0.2, -0.15) is 4.98 Å². The summed E-state index contributed by atoms with van der Waals surface area (Å²) < 4.78 is 6.64. The fraction of sp³-hybridized carbons (Fsp3) is 0.455. The van der Waals surface area contributed by atoms with Crippen LogP contribution >= 0.6 is 0 Å². The standard InChI is InChI=1S/C22H26N6O3/c1-16-14-19(24-21(23-16)27-8-4-5-9-27)25-10-12-26(13-11-25)20(29)15-28-17-6-2-3-7-18(17)31-22(28)30/h2-3,6-7,14H,4-5,8-13,15H2,1H3. The maximum Gasteiger partial charge on any atom is 0.420 e. The van der Waals surface area contributed by atoms with Crippen molar-refractivity contribution < 1.29 is 9.21 Å². The highest BCUT2D eigenvalue weighted by molar-refractivity contribution is 5.79. The molecule has 1 amide bonds. The van der Waals surface area contributed by atoms with Crippen LogP contribution in [0.4, 0.5) is 11.8 Å². The summed E-state index contributed by atoms with van der Waals surface area (Å²) in [7, 11) is 0. The van der Waals surface area contributed by atoms with Crippen LogP contribution in [0.15, 0.2) is 39.5 Å². The molecule has 162 valence electrons. The molecule has 2 aliphatic rings. The molecule has 31 heavy (non-hydrogen) atoms. The number of carbonyl (C=O) groups excluding carboxylic acids is 1. The van der Waals surface area contributed by atoms with Gasteiger partial charge in [0.2, 0.25) is 11.9 Å². The normalized spacial score (nSPS) is 17.0. The number of nitrogens with zero attached hydrogens (tertiary/aromatic N) is 6. The fourth-order valence-corrected chi connectivity index (χ4v) is 4.34. The molecule has 0 aliphatic carbocycles. The lowest BCUT2D eigenvalue weighted by Crippen LogP contribution is -2.50. The minimum absolute atomic E-state index is 0.0123. The Morgan fingerprint density at radius 2 is 1.74 bits per heavy atom. The van der Waals surface area contributed by atoms with E-state index in [0.717, 1.165) is 30.5 Å². The number of para-hydroxylation sites is 2. The number of amides is 1. The van der Waals surface area contributed by atoms with Crippen LogP contribution in [-0.4, -0.2) is 64.6 Å². The van der Waals surface area contributed by atoms with E-state index in [9.17, 15) is 9.59 Å². The van der Waals surface area contributed by atoms with Gasteiger partial charge in [0.25, 0.3) is 0 Å². The highest BCUT2D eigenvalue weighted by Gasteiger charge is 2.25. The van der Waals surface area contributed by atoms with E-state index in [1.165, 1.54) is 17.4 Å². The molecule has 2 saturated heterocycles. The Labute approximate surface area is 179 Å². The van der Waals surface area contributed by atoms with Crippen molar-refractivity contribution in [1.29, 1.82) is 0 Å². The molecule has 0 unspecified atom stereocenters. The second-order valence-corrected chi connectivity index (χ2v) is 8.15. The van der Waals surface area contributed by atoms with Gasteiger partial charge < -0.3 is 19.1 Å². The summed E-state index contributed by atoms with van der Waals surface area (Å²) in [6, 6.07) is 9.17. The largest absolute Gasteiger partial charge is 0.420 e. The lowest BCUT2D eigenvalue weighted by Gasteiger charge is -2.35. The number of anilines is 2. The number of piperazine rings is 1. The number of oxazole rings is 1. The number of rotatable bonds is 4. The van der Waals surface area contributed by atoms with Crippen molar-refractivity contribution in [3.05, 3.63) is 46.6 Å². The van der Waals surface area contributed by atoms with Crippen molar-refractivity contribution in [2.45, 2.75) is 26.3 Å². The molecule has 2 fully saturated rings. The van der Waals surface area contributed by atoms with Crippen molar-refractivity contribution in [2.75, 3.05) is 49.1 Å². The van der Waals surface area contributed by atoms with Crippen LogP contribution in [0.25, 0.3) is 11.1 Å². The zero-order valence-electron chi connectivity index (χ0n) is 17.7. The Morgan fingerprint density at radius 3 is 2.52 bits per heavy atom. The van der Waals surface area contributed by atoms with Crippen molar-refractivity contribution >= 4 is 28.8 Å². The second kappa shape index (κ2) is 8.05. The van der Waals surface area contributed by atoms with Crippen molar-refractivity contribution in [2.24, 2.45) is 0 Å². The van der Waals surface area contributed by atoms with Crippen molar-refractivity contribution in [3.8, 4) is 0 Å². The maximum atomic E-state index is 12.9. The Hall–Kier alpha value is -3.36. The minimum atomic E-state index is -0.501. The SMILES string of the molecule is Cc1cc(N2CCN(C(=O)Cn3c(=O)oc4ccccc43)CC2)nc(N2CCCC2)n1. The number of benzene rings is 1. The van der Waals surface area contributed by atoms with Gasteiger partial charge in [0, 0.05) is 51.0 Å². The summed E-state index contributed by atoms with van der Waals surface area (Å²) in [5.41, 5.74) is 2.10. The van der Waals surface area contributed by atoms with Gasteiger partial charge in [0.05, 0.1) is 5.52 Å². The van der Waals surface area contributed by atoms with E-state index >= 15 is 0 Å². The zero-order chi connectivity index (χ0) is 21.4. The Kier molecular flexibility index (Phi) is 5.09. The third-order valence-electron chi connectivity index (χ3n) is 6.04. The fourth-order valence-electron chi connectivity index (χ4n) is 4.34. The van der Waals surface area contributed by atoms with E-state index < -0.39 is 5.76 Å². The molecule has 0 bridgehead atoms. The van der Waals surface area contributed by atoms with Gasteiger partial charge in [-0.25, -0.2) is 9.78 Å². The zero-order valence-corrected chi connectivity index (χ0v) is 17.7. The van der Waals surface area contributed by atoms with Crippen LogP contribution < -0.4 is 15.6 Å². The van der Waals surface area contributed by atoms with Crippen LogP contribution in [0.2, 0.25) is 0 Å². The molecule has 0 atom stereocenters. The summed E-state index contributed by atoms with van der Waals surface area (Å²) in [6.07, 6.45) is 2.37. The first-order chi connectivity index (χ1) is 15.1. The molecular weight excluding hydrogens is 396 g/mol. The van der Waals surface area contributed by atoms with Crippen molar-refractivity contribution in [1.82, 2.24) is 19.4 Å². The topological polar surface area (TPSA) is 87.7 Å². The number of hydrogen-bond donors (Lipinski definition) is 0. The summed E-state index contributed by atoms with van der Waals surface area (Å²) in [4.78, 5) is 40.7. The van der Waals surface area contributed by atoms with Crippen molar-refractivity contribution in [3.63, 3.8) is 0 Å². The van der Waals surface area contributed by atoms with Gasteiger partial charge in [0.15, 0.2) is 5.58 Å². The Balaban J connectivity index is 1.26. The molecule has 9 heteroatoms. The van der Waals surface area contributed by atoms with E-state index in [2.05, 4.69) is 14.8 Å². The second-order valence-electron chi connectivity index (χ2n) is 8.15. The predicted molar refractivity (Wildman–Crippen MR) is 117 cm³/mol. The summed E-state index contributed by atoms with van der Waals surface area (Å²) >= 11 is 0. The van der Waals surface area contributed by atoms with Gasteiger partial charge in [0.1, 0.15) is 12.4 Å². The third kappa shape index (κ3) is 3.87. The third-order valence-corrected chi connectivity index (χ3v) is 6.04. The van der Waals surface area contributed by atoms with E-state index in [-0.39, 0.29) is 12.5 Å². The number of aromatic nitrogens is 3. The van der Waals surface area contributed by atoms with Gasteiger partial charge in [-0.1, -0.05) is 12.1 Å². The Bertz CT molecular complexity index is 1160. The molecule has 0 N–H and O–H groups in total. The van der Waals surface area contributed by atoms with Gasteiger partial charge in [-0.15, -0.1) is 0 Å².